The molecule has 0 saturated carbocycles. The van der Waals surface area contributed by atoms with Gasteiger partial charge < -0.3 is 10.4 Å². The smallest absolute Gasteiger partial charge is 0.224 e. The van der Waals surface area contributed by atoms with Crippen molar-refractivity contribution in [2.24, 2.45) is 5.92 Å². The molecule has 0 fully saturated rings. The summed E-state index contributed by atoms with van der Waals surface area (Å²) in [4.78, 5) is 11.5. The van der Waals surface area contributed by atoms with E-state index in [2.05, 4.69) is 11.4 Å². The summed E-state index contributed by atoms with van der Waals surface area (Å²) in [6.07, 6.45) is 0.860. The van der Waals surface area contributed by atoms with Crippen molar-refractivity contribution in [1.29, 1.82) is 0 Å². The Bertz CT molecular complexity index is 492. The maximum absolute atomic E-state index is 11.5. The number of rotatable bonds is 2. The number of carbonyl (C=O) groups excluding carboxylic acids is 1. The van der Waals surface area contributed by atoms with Gasteiger partial charge in [0.2, 0.25) is 5.91 Å². The van der Waals surface area contributed by atoms with Gasteiger partial charge in [-0.1, -0.05) is 19.9 Å². The van der Waals surface area contributed by atoms with Crippen LogP contribution in [-0.2, 0) is 11.2 Å². The molecular formula is C15H21NO2. The lowest BCUT2D eigenvalue weighted by Gasteiger charge is -2.25. The molecule has 1 aromatic rings. The Kier molecular flexibility index (Phi) is 3.44. The van der Waals surface area contributed by atoms with Crippen molar-refractivity contribution in [3.05, 3.63) is 28.3 Å². The minimum absolute atomic E-state index is 0.0853. The number of amides is 1. The van der Waals surface area contributed by atoms with E-state index in [-0.39, 0.29) is 11.8 Å². The Hall–Kier alpha value is -1.35. The van der Waals surface area contributed by atoms with Crippen LogP contribution >= 0.6 is 0 Å². The third-order valence-electron chi connectivity index (χ3n) is 3.86. The second kappa shape index (κ2) is 4.73. The van der Waals surface area contributed by atoms with E-state index in [9.17, 15) is 9.90 Å². The van der Waals surface area contributed by atoms with Gasteiger partial charge in [-0.25, -0.2) is 0 Å². The standard InChI is InChI=1S/C15H21NO2/c1-8(2)15(18)12-7-11-5-6-13(17)16-14(11)10(4)9(12)3/h7-8,15,18H,5-6H2,1-4H3,(H,16,17). The van der Waals surface area contributed by atoms with Gasteiger partial charge in [-0.15, -0.1) is 0 Å². The van der Waals surface area contributed by atoms with Gasteiger partial charge in [-0.2, -0.15) is 0 Å². The predicted octanol–water partition coefficient (Wildman–Crippen LogP) is 2.88. The lowest BCUT2D eigenvalue weighted by molar-refractivity contribution is -0.116. The molecular weight excluding hydrogens is 226 g/mol. The fourth-order valence-corrected chi connectivity index (χ4v) is 2.50. The minimum Gasteiger partial charge on any atom is -0.388 e. The van der Waals surface area contributed by atoms with Gasteiger partial charge in [-0.3, -0.25) is 4.79 Å². The highest BCUT2D eigenvalue weighted by Gasteiger charge is 2.23. The van der Waals surface area contributed by atoms with E-state index >= 15 is 0 Å². The van der Waals surface area contributed by atoms with Crippen LogP contribution in [0.25, 0.3) is 0 Å². The second-order valence-electron chi connectivity index (χ2n) is 5.49. The first-order valence-corrected chi connectivity index (χ1v) is 6.52. The third kappa shape index (κ3) is 2.15. The van der Waals surface area contributed by atoms with E-state index in [1.165, 1.54) is 0 Å². The normalized spacial score (nSPS) is 16.4. The second-order valence-corrected chi connectivity index (χ2v) is 5.49. The number of fused-ring (bicyclic) bond motifs is 1. The van der Waals surface area contributed by atoms with Crippen LogP contribution in [0.15, 0.2) is 6.07 Å². The fourth-order valence-electron chi connectivity index (χ4n) is 2.50. The molecule has 1 heterocycles. The molecule has 0 radical (unpaired) electrons. The van der Waals surface area contributed by atoms with Crippen LogP contribution < -0.4 is 5.32 Å². The van der Waals surface area contributed by atoms with Crippen molar-refractivity contribution in [3.8, 4) is 0 Å². The summed E-state index contributed by atoms with van der Waals surface area (Å²) in [5.41, 5.74) is 5.25. The van der Waals surface area contributed by atoms with E-state index in [0.717, 1.165) is 34.4 Å². The zero-order valence-corrected chi connectivity index (χ0v) is 11.5. The predicted molar refractivity (Wildman–Crippen MR) is 72.7 cm³/mol. The number of anilines is 1. The quantitative estimate of drug-likeness (QED) is 0.844. The Labute approximate surface area is 108 Å². The van der Waals surface area contributed by atoms with Crippen LogP contribution in [0.2, 0.25) is 0 Å². The van der Waals surface area contributed by atoms with Gasteiger partial charge in [0, 0.05) is 12.1 Å². The van der Waals surface area contributed by atoms with E-state index in [0.29, 0.717) is 6.42 Å². The van der Waals surface area contributed by atoms with Crippen molar-refractivity contribution >= 4 is 11.6 Å². The topological polar surface area (TPSA) is 49.3 Å². The SMILES string of the molecule is Cc1c(C(O)C(C)C)cc2c(c1C)NC(=O)CC2. The number of carbonyl (C=O) groups is 1. The molecule has 2 rings (SSSR count). The molecule has 1 aliphatic rings. The molecule has 0 bridgehead atoms. The zero-order valence-electron chi connectivity index (χ0n) is 11.5. The minimum atomic E-state index is -0.438. The van der Waals surface area contributed by atoms with Gasteiger partial charge in [-0.05, 0) is 48.4 Å². The van der Waals surface area contributed by atoms with Crippen molar-refractivity contribution in [2.75, 3.05) is 5.32 Å². The molecule has 3 nitrogen and oxygen atoms in total. The Morgan fingerprint density at radius 2 is 1.89 bits per heavy atom. The van der Waals surface area contributed by atoms with E-state index in [4.69, 9.17) is 0 Å². The highest BCUT2D eigenvalue weighted by atomic mass is 16.3. The average molecular weight is 247 g/mol. The fraction of sp³-hybridized carbons (Fsp3) is 0.533. The van der Waals surface area contributed by atoms with Crippen molar-refractivity contribution in [2.45, 2.75) is 46.6 Å². The molecule has 0 spiro atoms. The van der Waals surface area contributed by atoms with Gasteiger partial charge in [0.25, 0.3) is 0 Å². The Balaban J connectivity index is 2.53. The first-order chi connectivity index (χ1) is 8.41. The highest BCUT2D eigenvalue weighted by molar-refractivity contribution is 5.95. The van der Waals surface area contributed by atoms with Crippen LogP contribution in [0, 0.1) is 19.8 Å². The highest BCUT2D eigenvalue weighted by Crippen LogP contribution is 2.35. The molecule has 0 aromatic heterocycles. The molecule has 18 heavy (non-hydrogen) atoms. The number of hydrogen-bond donors (Lipinski definition) is 2. The molecule has 1 unspecified atom stereocenters. The lowest BCUT2D eigenvalue weighted by atomic mass is 9.87. The van der Waals surface area contributed by atoms with Gasteiger partial charge in [0.15, 0.2) is 0 Å². The third-order valence-corrected chi connectivity index (χ3v) is 3.86. The summed E-state index contributed by atoms with van der Waals surface area (Å²) < 4.78 is 0. The van der Waals surface area contributed by atoms with Gasteiger partial charge >= 0.3 is 0 Å². The number of aliphatic hydroxyl groups is 1. The molecule has 1 aliphatic heterocycles. The molecule has 98 valence electrons. The summed E-state index contributed by atoms with van der Waals surface area (Å²) in [7, 11) is 0. The van der Waals surface area contributed by atoms with Crippen LogP contribution in [0.4, 0.5) is 5.69 Å². The molecule has 0 aliphatic carbocycles. The lowest BCUT2D eigenvalue weighted by Crippen LogP contribution is -2.21. The van der Waals surface area contributed by atoms with Crippen LogP contribution in [0.1, 0.15) is 48.6 Å². The van der Waals surface area contributed by atoms with Gasteiger partial charge in [0.05, 0.1) is 6.10 Å². The maximum atomic E-state index is 11.5. The summed E-state index contributed by atoms with van der Waals surface area (Å²) >= 11 is 0. The summed E-state index contributed by atoms with van der Waals surface area (Å²) in [6, 6.07) is 2.06. The Morgan fingerprint density at radius 1 is 1.22 bits per heavy atom. The summed E-state index contributed by atoms with van der Waals surface area (Å²) in [5.74, 6) is 0.279. The maximum Gasteiger partial charge on any atom is 0.224 e. The summed E-state index contributed by atoms with van der Waals surface area (Å²) in [5, 5.41) is 13.2. The Morgan fingerprint density at radius 3 is 2.50 bits per heavy atom. The number of nitrogens with one attached hydrogen (secondary N) is 1. The van der Waals surface area contributed by atoms with E-state index in [1.807, 2.05) is 27.7 Å². The number of aliphatic hydroxyl groups excluding tert-OH is 1. The monoisotopic (exact) mass is 247 g/mol. The average Bonchev–Trinajstić information content (AvgIpc) is 2.33. The van der Waals surface area contributed by atoms with Crippen molar-refractivity contribution in [3.63, 3.8) is 0 Å². The largest absolute Gasteiger partial charge is 0.388 e. The van der Waals surface area contributed by atoms with E-state index in [1.54, 1.807) is 0 Å². The molecule has 0 saturated heterocycles. The van der Waals surface area contributed by atoms with Crippen molar-refractivity contribution < 1.29 is 9.90 Å². The first-order valence-electron chi connectivity index (χ1n) is 6.52. The summed E-state index contributed by atoms with van der Waals surface area (Å²) in [6.45, 7) is 8.05. The number of hydrogen-bond acceptors (Lipinski definition) is 2. The molecule has 1 amide bonds. The van der Waals surface area contributed by atoms with Crippen LogP contribution in [0.3, 0.4) is 0 Å². The van der Waals surface area contributed by atoms with Crippen LogP contribution in [0.5, 0.6) is 0 Å². The molecule has 1 aromatic carbocycles. The number of aryl methyl sites for hydroxylation is 1. The van der Waals surface area contributed by atoms with Crippen LogP contribution in [-0.4, -0.2) is 11.0 Å². The van der Waals surface area contributed by atoms with E-state index < -0.39 is 6.10 Å². The first kappa shape index (κ1) is 13.1. The van der Waals surface area contributed by atoms with Crippen molar-refractivity contribution in [1.82, 2.24) is 0 Å². The van der Waals surface area contributed by atoms with Gasteiger partial charge in [0.1, 0.15) is 0 Å². The molecule has 2 N–H and O–H groups in total. The number of benzene rings is 1. The molecule has 1 atom stereocenters. The zero-order chi connectivity index (χ0) is 13.4. The molecule has 3 heteroatoms.